The largest absolute Gasteiger partial charge is 0.384 e. The summed E-state index contributed by atoms with van der Waals surface area (Å²) < 4.78 is 50.7. The molecule has 0 aromatic heterocycles. The summed E-state index contributed by atoms with van der Waals surface area (Å²) in [6, 6.07) is 4.96. The van der Waals surface area contributed by atoms with Crippen LogP contribution in [0.15, 0.2) is 23.1 Å². The summed E-state index contributed by atoms with van der Waals surface area (Å²) in [5, 5.41) is 3.18. The number of sulfone groups is 1. The minimum Gasteiger partial charge on any atom is -0.384 e. The standard InChI is InChI=1S/C13H18N2O4S2/c1-13(5-7-20(16,17)9-13)15-21(18,19)11-2-3-12-10(8-11)4-6-14-12/h2-3,8,14-15H,4-7,9H2,1H3. The van der Waals surface area contributed by atoms with Crippen molar-refractivity contribution in [2.45, 2.75) is 30.2 Å². The van der Waals surface area contributed by atoms with Gasteiger partial charge in [-0.1, -0.05) is 0 Å². The van der Waals surface area contributed by atoms with Crippen LogP contribution in [-0.2, 0) is 26.3 Å². The van der Waals surface area contributed by atoms with E-state index in [4.69, 9.17) is 0 Å². The van der Waals surface area contributed by atoms with E-state index in [0.717, 1.165) is 24.2 Å². The molecule has 6 nitrogen and oxygen atoms in total. The molecule has 0 spiro atoms. The van der Waals surface area contributed by atoms with Crippen LogP contribution in [0.3, 0.4) is 0 Å². The molecule has 0 aliphatic carbocycles. The van der Waals surface area contributed by atoms with E-state index in [1.807, 2.05) is 0 Å². The fourth-order valence-corrected chi connectivity index (χ4v) is 6.59. The van der Waals surface area contributed by atoms with Gasteiger partial charge in [0, 0.05) is 17.8 Å². The van der Waals surface area contributed by atoms with Gasteiger partial charge in [-0.2, -0.15) is 0 Å². The SMILES string of the molecule is CC1(NS(=O)(=O)c2ccc3c(c2)CCN3)CCS(=O)(=O)C1. The molecule has 2 aliphatic rings. The van der Waals surface area contributed by atoms with Gasteiger partial charge in [-0.25, -0.2) is 21.6 Å². The average molecular weight is 330 g/mol. The molecule has 116 valence electrons. The molecule has 0 amide bonds. The summed E-state index contributed by atoms with van der Waals surface area (Å²) in [5.41, 5.74) is 1.01. The lowest BCUT2D eigenvalue weighted by molar-refractivity contribution is 0.462. The summed E-state index contributed by atoms with van der Waals surface area (Å²) in [6.07, 6.45) is 1.10. The van der Waals surface area contributed by atoms with Crippen LogP contribution in [0, 0.1) is 0 Å². The third-order valence-electron chi connectivity index (χ3n) is 3.98. The lowest BCUT2D eigenvalue weighted by Gasteiger charge is -2.23. The van der Waals surface area contributed by atoms with E-state index in [1.165, 1.54) is 0 Å². The summed E-state index contributed by atoms with van der Waals surface area (Å²) in [4.78, 5) is 0.190. The van der Waals surface area contributed by atoms with Gasteiger partial charge in [0.05, 0.1) is 16.4 Å². The molecule has 0 bridgehead atoms. The lowest BCUT2D eigenvalue weighted by atomic mass is 10.0. The highest BCUT2D eigenvalue weighted by molar-refractivity contribution is 7.92. The molecule has 2 N–H and O–H groups in total. The maximum absolute atomic E-state index is 12.5. The highest BCUT2D eigenvalue weighted by Gasteiger charge is 2.41. The van der Waals surface area contributed by atoms with Crippen molar-refractivity contribution < 1.29 is 16.8 Å². The molecule has 0 saturated carbocycles. The second-order valence-corrected chi connectivity index (χ2v) is 9.87. The Morgan fingerprint density at radius 3 is 2.76 bits per heavy atom. The van der Waals surface area contributed by atoms with Gasteiger partial charge in [-0.3, -0.25) is 0 Å². The fourth-order valence-electron chi connectivity index (χ4n) is 2.92. The van der Waals surface area contributed by atoms with Crippen LogP contribution in [0.4, 0.5) is 5.69 Å². The van der Waals surface area contributed by atoms with Gasteiger partial charge in [-0.15, -0.1) is 0 Å². The zero-order valence-electron chi connectivity index (χ0n) is 11.7. The third kappa shape index (κ3) is 2.93. The minimum atomic E-state index is -3.72. The van der Waals surface area contributed by atoms with Gasteiger partial charge in [0.1, 0.15) is 0 Å². The monoisotopic (exact) mass is 330 g/mol. The van der Waals surface area contributed by atoms with Gasteiger partial charge >= 0.3 is 0 Å². The van der Waals surface area contributed by atoms with E-state index >= 15 is 0 Å². The number of hydrogen-bond donors (Lipinski definition) is 2. The number of nitrogens with one attached hydrogen (secondary N) is 2. The van der Waals surface area contributed by atoms with Crippen LogP contribution >= 0.6 is 0 Å². The summed E-state index contributed by atoms with van der Waals surface area (Å²) >= 11 is 0. The van der Waals surface area contributed by atoms with Crippen LogP contribution in [0.25, 0.3) is 0 Å². The number of fused-ring (bicyclic) bond motifs is 1. The van der Waals surface area contributed by atoms with Crippen LogP contribution in [-0.4, -0.2) is 40.4 Å². The molecule has 0 radical (unpaired) electrons. The van der Waals surface area contributed by atoms with Crippen molar-refractivity contribution in [3.63, 3.8) is 0 Å². The average Bonchev–Trinajstić information content (AvgIpc) is 2.91. The van der Waals surface area contributed by atoms with Crippen LogP contribution < -0.4 is 10.0 Å². The van der Waals surface area contributed by atoms with E-state index in [-0.39, 0.29) is 16.4 Å². The highest BCUT2D eigenvalue weighted by atomic mass is 32.2. The first-order valence-corrected chi connectivity index (χ1v) is 10.1. The number of sulfonamides is 1. The summed E-state index contributed by atoms with van der Waals surface area (Å²) in [7, 11) is -6.87. The maximum atomic E-state index is 12.5. The van der Waals surface area contributed by atoms with Crippen LogP contribution in [0.1, 0.15) is 18.9 Å². The van der Waals surface area contributed by atoms with E-state index in [0.29, 0.717) is 6.42 Å². The molecule has 1 fully saturated rings. The number of benzene rings is 1. The first-order chi connectivity index (χ1) is 9.69. The number of hydrogen-bond acceptors (Lipinski definition) is 5. The molecule has 1 saturated heterocycles. The first-order valence-electron chi connectivity index (χ1n) is 6.80. The molecule has 2 aliphatic heterocycles. The highest BCUT2D eigenvalue weighted by Crippen LogP contribution is 2.28. The summed E-state index contributed by atoms with van der Waals surface area (Å²) in [6.45, 7) is 2.45. The van der Waals surface area contributed by atoms with Crippen molar-refractivity contribution >= 4 is 25.5 Å². The van der Waals surface area contributed by atoms with Crippen molar-refractivity contribution in [1.29, 1.82) is 0 Å². The predicted molar refractivity (Wildman–Crippen MR) is 80.6 cm³/mol. The quantitative estimate of drug-likeness (QED) is 0.842. The Labute approximate surface area is 124 Å². The molecule has 1 aromatic rings. The minimum absolute atomic E-state index is 0.0279. The first kappa shape index (κ1) is 14.8. The second-order valence-electron chi connectivity index (χ2n) is 6.00. The molecule has 1 aromatic carbocycles. The predicted octanol–water partition coefficient (Wildman–Crippen LogP) is 0.510. The van der Waals surface area contributed by atoms with Crippen molar-refractivity contribution in [3.8, 4) is 0 Å². The zero-order chi connectivity index (χ0) is 15.3. The van der Waals surface area contributed by atoms with Crippen molar-refractivity contribution in [1.82, 2.24) is 4.72 Å². The number of rotatable bonds is 3. The van der Waals surface area contributed by atoms with E-state index in [9.17, 15) is 16.8 Å². The Morgan fingerprint density at radius 1 is 1.33 bits per heavy atom. The smallest absolute Gasteiger partial charge is 0.241 e. The normalized spacial score (nSPS) is 27.3. The molecule has 3 rings (SSSR count). The van der Waals surface area contributed by atoms with Crippen molar-refractivity contribution in [3.05, 3.63) is 23.8 Å². The van der Waals surface area contributed by atoms with Crippen LogP contribution in [0.2, 0.25) is 0 Å². The topological polar surface area (TPSA) is 92.3 Å². The van der Waals surface area contributed by atoms with Crippen molar-refractivity contribution in [2.24, 2.45) is 0 Å². The molecule has 2 heterocycles. The van der Waals surface area contributed by atoms with Crippen LogP contribution in [0.5, 0.6) is 0 Å². The lowest BCUT2D eigenvalue weighted by Crippen LogP contribution is -2.46. The van der Waals surface area contributed by atoms with E-state index in [1.54, 1.807) is 25.1 Å². The van der Waals surface area contributed by atoms with Crippen molar-refractivity contribution in [2.75, 3.05) is 23.4 Å². The summed E-state index contributed by atoms with van der Waals surface area (Å²) in [5.74, 6) is -0.119. The number of anilines is 1. The second kappa shape index (κ2) is 4.69. The van der Waals surface area contributed by atoms with E-state index < -0.39 is 25.4 Å². The van der Waals surface area contributed by atoms with Gasteiger partial charge in [0.15, 0.2) is 9.84 Å². The fraction of sp³-hybridized carbons (Fsp3) is 0.538. The molecular weight excluding hydrogens is 312 g/mol. The Balaban J connectivity index is 1.88. The Morgan fingerprint density at radius 2 is 2.10 bits per heavy atom. The molecule has 1 atom stereocenters. The molecule has 21 heavy (non-hydrogen) atoms. The maximum Gasteiger partial charge on any atom is 0.241 e. The molecular formula is C13H18N2O4S2. The zero-order valence-corrected chi connectivity index (χ0v) is 13.4. The Bertz CT molecular complexity index is 786. The van der Waals surface area contributed by atoms with E-state index in [2.05, 4.69) is 10.0 Å². The van der Waals surface area contributed by atoms with Gasteiger partial charge < -0.3 is 5.32 Å². The van der Waals surface area contributed by atoms with Gasteiger partial charge in [0.2, 0.25) is 10.0 Å². The molecule has 8 heteroatoms. The van der Waals surface area contributed by atoms with Gasteiger partial charge in [-0.05, 0) is 43.5 Å². The third-order valence-corrected chi connectivity index (χ3v) is 7.52. The van der Waals surface area contributed by atoms with Gasteiger partial charge in [0.25, 0.3) is 0 Å². The molecule has 1 unspecified atom stereocenters. The Kier molecular flexibility index (Phi) is 3.30. The Hall–Kier alpha value is -1.12.